The second-order valence-electron chi connectivity index (χ2n) is 3.16. The zero-order valence-electron chi connectivity index (χ0n) is 7.96. The van der Waals surface area contributed by atoms with Crippen molar-refractivity contribution in [3.8, 4) is 6.57 Å². The molecule has 1 fully saturated rings. The van der Waals surface area contributed by atoms with Crippen LogP contribution < -0.4 is 0 Å². The minimum atomic E-state index is 0.883. The molecule has 0 aromatic heterocycles. The third-order valence-electron chi connectivity index (χ3n) is 2.28. The van der Waals surface area contributed by atoms with Gasteiger partial charge in [-0.2, -0.15) is 0 Å². The van der Waals surface area contributed by atoms with Gasteiger partial charge in [0.2, 0.25) is 0 Å². The van der Waals surface area contributed by atoms with E-state index in [1.807, 2.05) is 0 Å². The summed E-state index contributed by atoms with van der Waals surface area (Å²) in [5.74, 6) is 0.883. The Morgan fingerprint density at radius 1 is 1.25 bits per heavy atom. The number of nitrogens with zero attached hydrogens (tertiary/aromatic N) is 1. The molecule has 0 saturated heterocycles. The van der Waals surface area contributed by atoms with Crippen LogP contribution >= 0.6 is 0 Å². The lowest BCUT2D eigenvalue weighted by molar-refractivity contribution is 0.0949. The first-order chi connectivity index (χ1) is 5.93. The largest absolute Gasteiger partial charge is 0.381 e. The summed E-state index contributed by atoms with van der Waals surface area (Å²) in [6, 6.07) is 0. The van der Waals surface area contributed by atoms with E-state index in [0.29, 0.717) is 0 Å². The van der Waals surface area contributed by atoms with E-state index in [4.69, 9.17) is 10.00 Å². The molecule has 0 aromatic rings. The van der Waals surface area contributed by atoms with Crippen molar-refractivity contribution < 1.29 is 4.74 Å². The van der Waals surface area contributed by atoms with E-state index < -0.39 is 0 Å². The molecule has 0 spiro atoms. The van der Waals surface area contributed by atoms with Crippen LogP contribution in [0, 0.1) is 17.8 Å². The Morgan fingerprint density at radius 2 is 1.83 bits per heavy atom. The Morgan fingerprint density at radius 3 is 2.33 bits per heavy atom. The molecule has 70 valence electrons. The molecule has 1 aliphatic rings. The van der Waals surface area contributed by atoms with Crippen LogP contribution in [0.15, 0.2) is 0 Å². The van der Waals surface area contributed by atoms with Crippen molar-refractivity contribution in [3.05, 3.63) is 0 Å². The van der Waals surface area contributed by atoms with Crippen molar-refractivity contribution >= 4 is 0 Å². The van der Waals surface area contributed by atoms with Crippen molar-refractivity contribution in [2.24, 2.45) is 5.92 Å². The molecule has 1 rings (SSSR count). The van der Waals surface area contributed by atoms with E-state index in [1.165, 1.54) is 32.1 Å². The fraction of sp³-hybridized carbons (Fsp3) is 0.900. The van der Waals surface area contributed by atoms with Gasteiger partial charge in [-0.15, -0.1) is 0 Å². The molecular formula is C10H19NO. The number of hydrogen-bond donors (Lipinski definition) is 0. The molecule has 0 radical (unpaired) electrons. The summed E-state index contributed by atoms with van der Waals surface area (Å²) in [4.78, 5) is 0. The standard InChI is InChI=1S/C9H18O.CHN/c1-2-10-8-9-6-4-3-5-7-9;1-2/h9H,2-8H2,1H3;1H. The second-order valence-corrected chi connectivity index (χ2v) is 3.16. The zero-order chi connectivity index (χ0) is 9.23. The van der Waals surface area contributed by atoms with E-state index in [-0.39, 0.29) is 0 Å². The first-order valence-corrected chi connectivity index (χ1v) is 4.77. The fourth-order valence-electron chi connectivity index (χ4n) is 1.64. The molecule has 0 amide bonds. The molecule has 1 aliphatic carbocycles. The van der Waals surface area contributed by atoms with Gasteiger partial charge in [0.05, 0.1) is 0 Å². The van der Waals surface area contributed by atoms with Crippen molar-refractivity contribution in [3.63, 3.8) is 0 Å². The van der Waals surface area contributed by atoms with Gasteiger partial charge in [0, 0.05) is 19.8 Å². The van der Waals surface area contributed by atoms with Crippen molar-refractivity contribution in [1.29, 1.82) is 5.26 Å². The van der Waals surface area contributed by atoms with Crippen LogP contribution in [0.2, 0.25) is 0 Å². The van der Waals surface area contributed by atoms with Crippen LogP contribution in [0.3, 0.4) is 0 Å². The van der Waals surface area contributed by atoms with Crippen molar-refractivity contribution in [2.75, 3.05) is 13.2 Å². The summed E-state index contributed by atoms with van der Waals surface area (Å²) < 4.78 is 5.37. The van der Waals surface area contributed by atoms with Gasteiger partial charge in [-0.1, -0.05) is 19.3 Å². The Hall–Kier alpha value is -0.550. The highest BCUT2D eigenvalue weighted by Gasteiger charge is 2.12. The van der Waals surface area contributed by atoms with E-state index >= 15 is 0 Å². The number of ether oxygens (including phenoxy) is 1. The van der Waals surface area contributed by atoms with E-state index in [9.17, 15) is 0 Å². The van der Waals surface area contributed by atoms with E-state index in [1.54, 1.807) is 0 Å². The Bertz CT molecular complexity index is 106. The highest BCUT2D eigenvalue weighted by molar-refractivity contribution is 4.64. The molecule has 2 heteroatoms. The molecule has 0 N–H and O–H groups in total. The minimum absolute atomic E-state index is 0.883. The average Bonchev–Trinajstić information content (AvgIpc) is 2.19. The molecule has 1 saturated carbocycles. The van der Waals surface area contributed by atoms with Gasteiger partial charge >= 0.3 is 0 Å². The van der Waals surface area contributed by atoms with Crippen LogP contribution in [0.5, 0.6) is 0 Å². The number of hydrogen-bond acceptors (Lipinski definition) is 2. The maximum Gasteiger partial charge on any atom is 0.0494 e. The van der Waals surface area contributed by atoms with Crippen LogP contribution in [-0.2, 0) is 4.74 Å². The van der Waals surface area contributed by atoms with E-state index in [0.717, 1.165) is 19.1 Å². The molecular weight excluding hydrogens is 150 g/mol. The van der Waals surface area contributed by atoms with Gasteiger partial charge in [-0.3, -0.25) is 0 Å². The van der Waals surface area contributed by atoms with E-state index in [2.05, 4.69) is 13.5 Å². The van der Waals surface area contributed by atoms with Gasteiger partial charge in [0.1, 0.15) is 0 Å². The molecule has 0 heterocycles. The van der Waals surface area contributed by atoms with Crippen molar-refractivity contribution in [1.82, 2.24) is 0 Å². The molecule has 0 aromatic carbocycles. The number of nitriles is 1. The molecule has 2 nitrogen and oxygen atoms in total. The van der Waals surface area contributed by atoms with Gasteiger partial charge in [-0.25, -0.2) is 5.26 Å². The fourth-order valence-corrected chi connectivity index (χ4v) is 1.64. The SMILES string of the molecule is C#N.CCOCC1CCCCC1. The zero-order valence-corrected chi connectivity index (χ0v) is 7.96. The van der Waals surface area contributed by atoms with Gasteiger partial charge < -0.3 is 4.74 Å². The first-order valence-electron chi connectivity index (χ1n) is 4.77. The van der Waals surface area contributed by atoms with Crippen LogP contribution in [0.1, 0.15) is 39.0 Å². The van der Waals surface area contributed by atoms with Gasteiger partial charge in [0.15, 0.2) is 0 Å². The second kappa shape index (κ2) is 8.55. The topological polar surface area (TPSA) is 33.0 Å². The third kappa shape index (κ3) is 5.15. The lowest BCUT2D eigenvalue weighted by atomic mass is 9.90. The maximum atomic E-state index is 6.50. The predicted octanol–water partition coefficient (Wildman–Crippen LogP) is 2.74. The van der Waals surface area contributed by atoms with Gasteiger partial charge in [0.25, 0.3) is 0 Å². The number of rotatable bonds is 3. The molecule has 0 atom stereocenters. The summed E-state index contributed by atoms with van der Waals surface area (Å²) in [7, 11) is 0. The Kier molecular flexibility index (Phi) is 8.15. The first kappa shape index (κ1) is 11.4. The highest BCUT2D eigenvalue weighted by Crippen LogP contribution is 2.23. The minimum Gasteiger partial charge on any atom is -0.381 e. The van der Waals surface area contributed by atoms with Crippen LogP contribution in [0.4, 0.5) is 0 Å². The Balaban J connectivity index is 0.000000561. The Labute approximate surface area is 75.5 Å². The maximum absolute atomic E-state index is 6.50. The normalized spacial score (nSPS) is 17.9. The molecule has 12 heavy (non-hydrogen) atoms. The summed E-state index contributed by atoms with van der Waals surface area (Å²) in [6.07, 6.45) is 7.11. The average molecular weight is 169 g/mol. The lowest BCUT2D eigenvalue weighted by Crippen LogP contribution is -2.12. The monoisotopic (exact) mass is 169 g/mol. The molecule has 0 unspecified atom stereocenters. The highest BCUT2D eigenvalue weighted by atomic mass is 16.5. The molecule has 0 bridgehead atoms. The smallest absolute Gasteiger partial charge is 0.0494 e. The summed E-state index contributed by atoms with van der Waals surface area (Å²) in [5.41, 5.74) is 0. The third-order valence-corrected chi connectivity index (χ3v) is 2.28. The van der Waals surface area contributed by atoms with Crippen LogP contribution in [0.25, 0.3) is 0 Å². The van der Waals surface area contributed by atoms with Gasteiger partial charge in [-0.05, 0) is 25.7 Å². The predicted molar refractivity (Wildman–Crippen MR) is 49.7 cm³/mol. The summed E-state index contributed by atoms with van der Waals surface area (Å²) >= 11 is 0. The lowest BCUT2D eigenvalue weighted by Gasteiger charge is -2.20. The van der Waals surface area contributed by atoms with Crippen LogP contribution in [-0.4, -0.2) is 13.2 Å². The quantitative estimate of drug-likeness (QED) is 0.650. The molecule has 0 aliphatic heterocycles. The summed E-state index contributed by atoms with van der Waals surface area (Å²) in [6.45, 7) is 7.47. The summed E-state index contributed by atoms with van der Waals surface area (Å²) in [5, 5.41) is 6.50. The van der Waals surface area contributed by atoms with Crippen molar-refractivity contribution in [2.45, 2.75) is 39.0 Å².